The second kappa shape index (κ2) is 7.08. The van der Waals surface area contributed by atoms with Gasteiger partial charge in [0.05, 0.1) is 6.54 Å². The Morgan fingerprint density at radius 1 is 1.35 bits per heavy atom. The minimum absolute atomic E-state index is 0.148. The molecule has 0 heterocycles. The summed E-state index contributed by atoms with van der Waals surface area (Å²) in [4.78, 5) is 34.9. The number of aliphatic carboxylic acids is 1. The normalized spacial score (nSPS) is 10.4. The highest BCUT2D eigenvalue weighted by Crippen LogP contribution is 2.10. The number of rotatable bonds is 6. The van der Waals surface area contributed by atoms with Crippen LogP contribution >= 0.6 is 0 Å². The molecule has 0 aliphatic carbocycles. The minimum atomic E-state index is -1.06. The van der Waals surface area contributed by atoms with Crippen molar-refractivity contribution in [3.05, 3.63) is 41.5 Å². The van der Waals surface area contributed by atoms with E-state index in [2.05, 4.69) is 0 Å². The van der Waals surface area contributed by atoms with Gasteiger partial charge in [-0.25, -0.2) is 4.79 Å². The van der Waals surface area contributed by atoms with Crippen molar-refractivity contribution in [2.45, 2.75) is 6.92 Å². The highest BCUT2D eigenvalue weighted by atomic mass is 16.4. The highest BCUT2D eigenvalue weighted by molar-refractivity contribution is 5.97. The molecule has 0 aromatic heterocycles. The Balaban J connectivity index is 2.95. The SMILES string of the molecule is CCN(CC(N)=O)C(=O)c1cccc(/C=C/C(=O)O)c1. The number of carbonyl (C=O) groups excluding carboxylic acids is 2. The fraction of sp³-hybridized carbons (Fsp3) is 0.214. The Morgan fingerprint density at radius 3 is 2.60 bits per heavy atom. The average Bonchev–Trinajstić information content (AvgIpc) is 2.42. The van der Waals surface area contributed by atoms with Crippen molar-refractivity contribution in [2.75, 3.05) is 13.1 Å². The molecule has 0 spiro atoms. The number of primary amides is 1. The molecule has 1 aromatic rings. The number of amides is 2. The summed E-state index contributed by atoms with van der Waals surface area (Å²) in [6.45, 7) is 1.95. The zero-order chi connectivity index (χ0) is 15.1. The number of nitrogens with zero attached hydrogens (tertiary/aromatic N) is 1. The first kappa shape index (κ1) is 15.4. The molecular formula is C14H16N2O4. The van der Waals surface area contributed by atoms with E-state index < -0.39 is 11.9 Å². The van der Waals surface area contributed by atoms with Gasteiger partial charge in [0.1, 0.15) is 0 Å². The van der Waals surface area contributed by atoms with Crippen molar-refractivity contribution in [1.82, 2.24) is 4.90 Å². The zero-order valence-electron chi connectivity index (χ0n) is 11.1. The summed E-state index contributed by atoms with van der Waals surface area (Å²) in [6, 6.07) is 6.49. The summed E-state index contributed by atoms with van der Waals surface area (Å²) >= 11 is 0. The van der Waals surface area contributed by atoms with Gasteiger partial charge < -0.3 is 15.7 Å². The van der Waals surface area contributed by atoms with Gasteiger partial charge in [0, 0.05) is 18.2 Å². The Labute approximate surface area is 116 Å². The molecule has 0 aliphatic rings. The number of hydrogen-bond acceptors (Lipinski definition) is 3. The number of benzene rings is 1. The van der Waals surface area contributed by atoms with Crippen LogP contribution in [0.4, 0.5) is 0 Å². The molecule has 0 saturated heterocycles. The van der Waals surface area contributed by atoms with Gasteiger partial charge in [-0.3, -0.25) is 9.59 Å². The van der Waals surface area contributed by atoms with Gasteiger partial charge in [-0.2, -0.15) is 0 Å². The van der Waals surface area contributed by atoms with Gasteiger partial charge in [-0.05, 0) is 30.7 Å². The monoisotopic (exact) mass is 276 g/mol. The molecule has 0 saturated carbocycles. The molecular weight excluding hydrogens is 260 g/mol. The van der Waals surface area contributed by atoms with Crippen LogP contribution in [0.2, 0.25) is 0 Å². The van der Waals surface area contributed by atoms with E-state index in [4.69, 9.17) is 10.8 Å². The number of carbonyl (C=O) groups is 3. The van der Waals surface area contributed by atoms with E-state index in [1.807, 2.05) is 0 Å². The smallest absolute Gasteiger partial charge is 0.328 e. The van der Waals surface area contributed by atoms with Crippen molar-refractivity contribution in [2.24, 2.45) is 5.73 Å². The maximum atomic E-state index is 12.2. The van der Waals surface area contributed by atoms with Crippen molar-refractivity contribution >= 4 is 23.9 Å². The summed E-state index contributed by atoms with van der Waals surface area (Å²) in [5, 5.41) is 8.57. The molecule has 0 bridgehead atoms. The predicted molar refractivity (Wildman–Crippen MR) is 73.9 cm³/mol. The van der Waals surface area contributed by atoms with E-state index in [1.165, 1.54) is 11.0 Å². The maximum Gasteiger partial charge on any atom is 0.328 e. The summed E-state index contributed by atoms with van der Waals surface area (Å²) < 4.78 is 0. The molecule has 0 aliphatic heterocycles. The standard InChI is InChI=1S/C14H16N2O4/c1-2-16(9-12(15)17)14(20)11-5-3-4-10(8-11)6-7-13(18)19/h3-8H,2,9H2,1H3,(H2,15,17)(H,18,19)/b7-6+. The maximum absolute atomic E-state index is 12.2. The van der Waals surface area contributed by atoms with Gasteiger partial charge in [-0.1, -0.05) is 12.1 Å². The molecule has 0 fully saturated rings. The lowest BCUT2D eigenvalue weighted by Gasteiger charge is -2.19. The lowest BCUT2D eigenvalue weighted by atomic mass is 10.1. The van der Waals surface area contributed by atoms with Crippen LogP contribution in [-0.2, 0) is 9.59 Å². The first-order valence-corrected chi connectivity index (χ1v) is 6.02. The minimum Gasteiger partial charge on any atom is -0.478 e. The molecule has 20 heavy (non-hydrogen) atoms. The molecule has 0 radical (unpaired) electrons. The largest absolute Gasteiger partial charge is 0.478 e. The van der Waals surface area contributed by atoms with Gasteiger partial charge in [-0.15, -0.1) is 0 Å². The second-order valence-electron chi connectivity index (χ2n) is 4.08. The summed E-state index contributed by atoms with van der Waals surface area (Å²) in [5.74, 6) is -1.97. The molecule has 6 nitrogen and oxygen atoms in total. The molecule has 106 valence electrons. The van der Waals surface area contributed by atoms with Crippen molar-refractivity contribution < 1.29 is 19.5 Å². The average molecular weight is 276 g/mol. The fourth-order valence-electron chi connectivity index (χ4n) is 1.64. The van der Waals surface area contributed by atoms with Crippen LogP contribution in [0.3, 0.4) is 0 Å². The predicted octanol–water partition coefficient (Wildman–Crippen LogP) is 0.732. The Kier molecular flexibility index (Phi) is 5.46. The van der Waals surface area contributed by atoms with E-state index in [1.54, 1.807) is 31.2 Å². The van der Waals surface area contributed by atoms with E-state index in [0.29, 0.717) is 17.7 Å². The van der Waals surface area contributed by atoms with Crippen LogP contribution < -0.4 is 5.73 Å². The fourth-order valence-corrected chi connectivity index (χ4v) is 1.64. The molecule has 1 rings (SSSR count). The van der Waals surface area contributed by atoms with Gasteiger partial charge in [0.15, 0.2) is 0 Å². The molecule has 1 aromatic carbocycles. The number of hydrogen-bond donors (Lipinski definition) is 2. The number of likely N-dealkylation sites (N-methyl/N-ethyl adjacent to an activating group) is 1. The van der Waals surface area contributed by atoms with Crippen LogP contribution in [0.25, 0.3) is 6.08 Å². The first-order valence-electron chi connectivity index (χ1n) is 6.02. The molecule has 0 unspecified atom stereocenters. The quantitative estimate of drug-likeness (QED) is 0.748. The van der Waals surface area contributed by atoms with Crippen molar-refractivity contribution in [3.8, 4) is 0 Å². The lowest BCUT2D eigenvalue weighted by molar-refractivity contribution is -0.131. The molecule has 6 heteroatoms. The van der Waals surface area contributed by atoms with E-state index in [-0.39, 0.29) is 12.5 Å². The van der Waals surface area contributed by atoms with Crippen LogP contribution in [0.1, 0.15) is 22.8 Å². The Hall–Kier alpha value is -2.63. The van der Waals surface area contributed by atoms with E-state index in [0.717, 1.165) is 6.08 Å². The van der Waals surface area contributed by atoms with Crippen LogP contribution in [0.15, 0.2) is 30.3 Å². The van der Waals surface area contributed by atoms with E-state index >= 15 is 0 Å². The first-order chi connectivity index (χ1) is 9.43. The van der Waals surface area contributed by atoms with Gasteiger partial charge in [0.25, 0.3) is 5.91 Å². The van der Waals surface area contributed by atoms with E-state index in [9.17, 15) is 14.4 Å². The summed E-state index contributed by atoms with van der Waals surface area (Å²) in [6.07, 6.45) is 2.38. The highest BCUT2D eigenvalue weighted by Gasteiger charge is 2.15. The molecule has 2 amide bonds. The third kappa shape index (κ3) is 4.56. The number of carboxylic acid groups (broad SMARTS) is 1. The van der Waals surface area contributed by atoms with Crippen LogP contribution in [0, 0.1) is 0 Å². The van der Waals surface area contributed by atoms with Crippen molar-refractivity contribution in [3.63, 3.8) is 0 Å². The number of nitrogens with two attached hydrogens (primary N) is 1. The number of carboxylic acids is 1. The van der Waals surface area contributed by atoms with Gasteiger partial charge in [0.2, 0.25) is 5.91 Å². The summed E-state index contributed by atoms with van der Waals surface area (Å²) in [7, 11) is 0. The topological polar surface area (TPSA) is 101 Å². The lowest BCUT2D eigenvalue weighted by Crippen LogP contribution is -2.38. The van der Waals surface area contributed by atoms with Crippen molar-refractivity contribution in [1.29, 1.82) is 0 Å². The summed E-state index contributed by atoms with van der Waals surface area (Å²) in [5.41, 5.74) is 6.05. The van der Waals surface area contributed by atoms with Crippen LogP contribution in [-0.4, -0.2) is 40.9 Å². The van der Waals surface area contributed by atoms with Crippen LogP contribution in [0.5, 0.6) is 0 Å². The third-order valence-corrected chi connectivity index (χ3v) is 2.57. The zero-order valence-corrected chi connectivity index (χ0v) is 11.1. The Bertz CT molecular complexity index is 552. The second-order valence-corrected chi connectivity index (χ2v) is 4.08. The van der Waals surface area contributed by atoms with Gasteiger partial charge >= 0.3 is 5.97 Å². The Morgan fingerprint density at radius 2 is 2.05 bits per heavy atom. The molecule has 3 N–H and O–H groups in total. The molecule has 0 atom stereocenters. The third-order valence-electron chi connectivity index (χ3n) is 2.57.